The fraction of sp³-hybridized carbons (Fsp3) is 0.478. The molecular weight excluding hydrogens is 1020 g/mol. The maximum absolute atomic E-state index is 13.6. The van der Waals surface area contributed by atoms with Crippen LogP contribution in [0.1, 0.15) is 38.8 Å². The standard InChI is InChI=1S/C46H64B4N10O18/c1-23-19-31(55-41(57-47(5)67)58-48(6)68)35(51-25(3)61)39(73-23)37(33-21-71-45(65)75-33)77-43(63)53-29-15-11-27(12-16-29)9-10-28-13-17-30(18-14-28)54-44(64)78-38(34-22-72-46(66)76-34)40-36(52-26(4)62)32(20-24(2)74-40)56-42(59-49(7)69)60-50(8)70/h11-20,31-40,67-70H,9-10,21-22H2,1-8H3,(H,51,61)(H,52,62)(H,53,63)(H,54,64)(H2,55,57,58)(H2,56,59,60)/t31-,32-,33+,34+,35+,36+,37+,38+,39+,40+/m0/s1. The molecule has 0 spiro atoms. The predicted molar refractivity (Wildman–Crippen MR) is 283 cm³/mol. The number of ether oxygens (including phenoxy) is 8. The van der Waals surface area contributed by atoms with Crippen LogP contribution < -0.4 is 42.4 Å². The van der Waals surface area contributed by atoms with Crippen LogP contribution in [-0.4, -0.2) is 171 Å². The Labute approximate surface area is 450 Å². The second kappa shape index (κ2) is 27.5. The van der Waals surface area contributed by atoms with E-state index in [1.165, 1.54) is 41.1 Å². The van der Waals surface area contributed by atoms with Crippen LogP contribution in [0.2, 0.25) is 27.3 Å². The number of hydrogen-bond donors (Lipinski definition) is 12. The van der Waals surface area contributed by atoms with E-state index in [9.17, 15) is 48.9 Å². The van der Waals surface area contributed by atoms with Gasteiger partial charge in [-0.15, -0.1) is 0 Å². The van der Waals surface area contributed by atoms with Crippen LogP contribution in [0.25, 0.3) is 0 Å². The number of nitrogens with one attached hydrogen (secondary N) is 8. The Morgan fingerprint density at radius 1 is 0.590 bits per heavy atom. The monoisotopic (exact) mass is 1090 g/mol. The number of nitrogens with zero attached hydrogens (tertiary/aromatic N) is 2. The Bertz CT molecular complexity index is 2400. The molecule has 28 nitrogen and oxygen atoms in total. The van der Waals surface area contributed by atoms with E-state index in [0.29, 0.717) is 35.7 Å². The van der Waals surface area contributed by atoms with E-state index in [2.05, 4.69) is 52.2 Å². The normalized spacial score (nSPS) is 23.4. The molecule has 0 aliphatic carbocycles. The lowest BCUT2D eigenvalue weighted by Gasteiger charge is -2.41. The predicted octanol–water partition coefficient (Wildman–Crippen LogP) is 0.240. The Hall–Kier alpha value is -7.82. The van der Waals surface area contributed by atoms with E-state index < -0.39 is 125 Å². The quantitative estimate of drug-likeness (QED) is 0.0295. The average molecular weight is 1090 g/mol. The number of amides is 4. The maximum atomic E-state index is 13.6. The van der Waals surface area contributed by atoms with Gasteiger partial charge in [-0.2, -0.15) is 0 Å². The molecule has 6 rings (SSSR count). The average Bonchev–Trinajstić information content (AvgIpc) is 4.02. The third-order valence-electron chi connectivity index (χ3n) is 11.8. The summed E-state index contributed by atoms with van der Waals surface area (Å²) in [5.41, 5.74) is 2.53. The Morgan fingerprint density at radius 2 is 0.949 bits per heavy atom. The Balaban J connectivity index is 1.08. The first-order valence-electron chi connectivity index (χ1n) is 25.0. The van der Waals surface area contributed by atoms with Crippen LogP contribution in [0.5, 0.6) is 0 Å². The van der Waals surface area contributed by atoms with Crippen molar-refractivity contribution in [2.45, 2.75) is 129 Å². The fourth-order valence-electron chi connectivity index (χ4n) is 8.77. The summed E-state index contributed by atoms with van der Waals surface area (Å²) in [5, 5.41) is 62.4. The molecule has 2 aromatic rings. The number of anilines is 2. The molecule has 10 atom stereocenters. The van der Waals surface area contributed by atoms with Gasteiger partial charge in [0.2, 0.25) is 11.8 Å². The first kappa shape index (κ1) is 59.4. The molecule has 4 heterocycles. The zero-order chi connectivity index (χ0) is 56.8. The van der Waals surface area contributed by atoms with Gasteiger partial charge >= 0.3 is 52.7 Å². The minimum Gasteiger partial charge on any atom is -0.489 e. The molecule has 418 valence electrons. The lowest BCUT2D eigenvalue weighted by atomic mass is 9.87. The highest BCUT2D eigenvalue weighted by Gasteiger charge is 2.51. The van der Waals surface area contributed by atoms with Crippen molar-refractivity contribution in [3.05, 3.63) is 83.3 Å². The molecule has 32 heteroatoms. The number of allylic oxidation sites excluding steroid dienone is 2. The largest absolute Gasteiger partial charge is 0.508 e. The number of cyclic esters (lactones) is 4. The van der Waals surface area contributed by atoms with Gasteiger partial charge in [-0.25, -0.2) is 19.2 Å². The molecule has 4 aliphatic rings. The van der Waals surface area contributed by atoms with Crippen molar-refractivity contribution in [1.82, 2.24) is 31.7 Å². The third-order valence-corrected chi connectivity index (χ3v) is 11.8. The molecule has 0 saturated carbocycles. The van der Waals surface area contributed by atoms with Gasteiger partial charge in [0.1, 0.15) is 13.2 Å². The van der Waals surface area contributed by atoms with Crippen LogP contribution in [0.3, 0.4) is 0 Å². The van der Waals surface area contributed by atoms with Crippen molar-refractivity contribution in [2.75, 3.05) is 23.8 Å². The van der Waals surface area contributed by atoms with Crippen molar-refractivity contribution in [1.29, 1.82) is 0 Å². The molecule has 0 unspecified atom stereocenters. The van der Waals surface area contributed by atoms with E-state index in [4.69, 9.17) is 37.9 Å². The summed E-state index contributed by atoms with van der Waals surface area (Å²) in [6, 6.07) is 10.2. The zero-order valence-corrected chi connectivity index (χ0v) is 44.1. The molecule has 4 aliphatic heterocycles. The summed E-state index contributed by atoms with van der Waals surface area (Å²) in [4.78, 5) is 84.7. The van der Waals surface area contributed by atoms with Gasteiger partial charge in [0, 0.05) is 25.2 Å². The third kappa shape index (κ3) is 17.9. The van der Waals surface area contributed by atoms with E-state index >= 15 is 0 Å². The first-order chi connectivity index (χ1) is 37.0. The topological polar surface area (TPSA) is 378 Å². The summed E-state index contributed by atoms with van der Waals surface area (Å²) in [6.45, 7) is 10.9. The van der Waals surface area contributed by atoms with Gasteiger partial charge < -0.3 is 89.7 Å². The molecular formula is C46H64B4N10O18. The summed E-state index contributed by atoms with van der Waals surface area (Å²) < 4.78 is 44.9. The van der Waals surface area contributed by atoms with Crippen LogP contribution in [0.4, 0.5) is 30.6 Å². The molecule has 0 radical (unpaired) electrons. The second-order valence-corrected chi connectivity index (χ2v) is 18.7. The lowest BCUT2D eigenvalue weighted by molar-refractivity contribution is -0.125. The smallest absolute Gasteiger partial charge is 0.489 e. The minimum atomic E-state index is -1.35. The van der Waals surface area contributed by atoms with Gasteiger partial charge in [0.05, 0.1) is 35.7 Å². The molecule has 4 amide bonds. The Kier molecular flexibility index (Phi) is 20.9. The van der Waals surface area contributed by atoms with Crippen molar-refractivity contribution >= 4 is 87.8 Å². The molecule has 78 heavy (non-hydrogen) atoms. The first-order valence-corrected chi connectivity index (χ1v) is 25.0. The van der Waals surface area contributed by atoms with Crippen LogP contribution in [0, 0.1) is 0 Å². The zero-order valence-electron chi connectivity index (χ0n) is 44.1. The van der Waals surface area contributed by atoms with Crippen molar-refractivity contribution in [2.24, 2.45) is 9.81 Å². The molecule has 2 saturated heterocycles. The molecule has 0 bridgehead atoms. The summed E-state index contributed by atoms with van der Waals surface area (Å²) >= 11 is 0. The minimum absolute atomic E-state index is 0.0156. The number of rotatable bonds is 19. The lowest BCUT2D eigenvalue weighted by Crippen LogP contribution is -2.65. The van der Waals surface area contributed by atoms with Gasteiger partial charge in [0.15, 0.2) is 48.5 Å². The van der Waals surface area contributed by atoms with Crippen LogP contribution in [-0.2, 0) is 60.3 Å². The van der Waals surface area contributed by atoms with Crippen LogP contribution >= 0.6 is 0 Å². The summed E-state index contributed by atoms with van der Waals surface area (Å²) in [6.07, 6.45) is -6.87. The van der Waals surface area contributed by atoms with Crippen LogP contribution in [0.15, 0.2) is 82.0 Å². The molecule has 0 aromatic heterocycles. The number of guanidine groups is 2. The summed E-state index contributed by atoms with van der Waals surface area (Å²) in [5.74, 6) is -0.327. The van der Waals surface area contributed by atoms with Gasteiger partial charge in [-0.05, 0) is 102 Å². The van der Waals surface area contributed by atoms with E-state index in [0.717, 1.165) is 11.1 Å². The SMILES string of the molecule is CB(O)/N=C(/NB(C)O)N[C@H]1C=C(C)O[C@@H]([C@H](OC(=O)Nc2ccc(CCc3ccc(NC(=O)O[C@@H]([C@@H]4OC(C)=C[C@H](N/C(=N\B(C)O)NB(C)O)[C@H]4NC(C)=O)[C@H]4COC(=O)O4)cc3)cc2)[C@H]2COC(=O)O2)[C@@H]1NC(C)=O. The Morgan fingerprint density at radius 3 is 1.24 bits per heavy atom. The summed E-state index contributed by atoms with van der Waals surface area (Å²) in [7, 11) is -4.54. The molecule has 12 N–H and O–H groups in total. The van der Waals surface area contributed by atoms with Crippen molar-refractivity contribution in [3.8, 4) is 0 Å². The van der Waals surface area contributed by atoms with Gasteiger partial charge in [-0.1, -0.05) is 24.3 Å². The number of hydrogen-bond acceptors (Lipinski definition) is 20. The highest BCUT2D eigenvalue weighted by molar-refractivity contribution is 6.53. The number of carbonyl (C=O) groups excluding carboxylic acids is 6. The maximum Gasteiger partial charge on any atom is 0.508 e. The number of benzene rings is 2. The molecule has 2 aromatic carbocycles. The highest BCUT2D eigenvalue weighted by Crippen LogP contribution is 2.30. The fourth-order valence-corrected chi connectivity index (χ4v) is 8.77. The van der Waals surface area contributed by atoms with E-state index in [-0.39, 0.29) is 25.1 Å². The van der Waals surface area contributed by atoms with E-state index in [1.54, 1.807) is 74.5 Å². The highest BCUT2D eigenvalue weighted by atomic mass is 16.8. The van der Waals surface area contributed by atoms with Crippen molar-refractivity contribution in [3.63, 3.8) is 0 Å². The molecule has 2 fully saturated rings. The second-order valence-electron chi connectivity index (χ2n) is 18.7. The number of aryl methyl sites for hydroxylation is 2. The van der Waals surface area contributed by atoms with Gasteiger partial charge in [-0.3, -0.25) is 30.0 Å². The van der Waals surface area contributed by atoms with Gasteiger partial charge in [0.25, 0.3) is 0 Å². The number of carbonyl (C=O) groups is 6. The van der Waals surface area contributed by atoms with Crippen molar-refractivity contribution < 1.29 is 86.8 Å². The van der Waals surface area contributed by atoms with E-state index in [1.807, 2.05) is 0 Å².